The maximum Gasteiger partial charge on any atom is 0.359 e. The number of aromatic nitrogens is 1. The molecule has 5 rings (SSSR count). The zero-order valence-corrected chi connectivity index (χ0v) is 26.4. The minimum atomic E-state index is -0.623. The highest BCUT2D eigenvalue weighted by molar-refractivity contribution is 6.03. The van der Waals surface area contributed by atoms with Crippen LogP contribution in [0.5, 0.6) is 17.2 Å². The normalized spacial score (nSPS) is 13.7. The van der Waals surface area contributed by atoms with Crippen molar-refractivity contribution >= 4 is 11.9 Å². The fourth-order valence-corrected chi connectivity index (χ4v) is 5.54. The molecule has 1 aliphatic heterocycles. The van der Waals surface area contributed by atoms with E-state index in [1.54, 1.807) is 47.8 Å². The van der Waals surface area contributed by atoms with E-state index in [9.17, 15) is 9.59 Å². The van der Waals surface area contributed by atoms with Crippen LogP contribution < -0.4 is 14.2 Å². The first-order valence-electron chi connectivity index (χ1n) is 15.3. The summed E-state index contributed by atoms with van der Waals surface area (Å²) in [7, 11) is 5.49. The summed E-state index contributed by atoms with van der Waals surface area (Å²) in [5, 5.41) is 0. The summed E-state index contributed by atoms with van der Waals surface area (Å²) >= 11 is 0. The third-order valence-electron chi connectivity index (χ3n) is 8.09. The van der Waals surface area contributed by atoms with Crippen molar-refractivity contribution in [3.8, 4) is 22.9 Å². The maximum absolute atomic E-state index is 14.7. The van der Waals surface area contributed by atoms with Crippen LogP contribution in [0.1, 0.15) is 51.9 Å². The molecule has 3 aromatic carbocycles. The lowest BCUT2D eigenvalue weighted by molar-refractivity contribution is 0.0511. The number of hydrogen-bond donors (Lipinski definition) is 0. The predicted molar refractivity (Wildman–Crippen MR) is 172 cm³/mol. The molecule has 0 radical (unpaired) electrons. The molecule has 1 fully saturated rings. The van der Waals surface area contributed by atoms with Gasteiger partial charge in [0.2, 0.25) is 0 Å². The molecule has 2 heterocycles. The summed E-state index contributed by atoms with van der Waals surface area (Å²) in [4.78, 5) is 32.5. The highest BCUT2D eigenvalue weighted by Gasteiger charge is 2.38. The van der Waals surface area contributed by atoms with E-state index in [2.05, 4.69) is 11.9 Å². The van der Waals surface area contributed by atoms with Crippen LogP contribution in [-0.2, 0) is 18.0 Å². The molecule has 1 amide bonds. The first kappa shape index (κ1) is 31.7. The first-order chi connectivity index (χ1) is 21.9. The average molecular weight is 612 g/mol. The smallest absolute Gasteiger partial charge is 0.359 e. The van der Waals surface area contributed by atoms with Crippen LogP contribution in [0, 0.1) is 0 Å². The molecule has 0 aliphatic carbocycles. The Bertz CT molecular complexity index is 1560. The van der Waals surface area contributed by atoms with Crippen molar-refractivity contribution < 1.29 is 28.5 Å². The van der Waals surface area contributed by atoms with Crippen LogP contribution in [0.4, 0.5) is 0 Å². The third kappa shape index (κ3) is 7.32. The molecule has 1 saturated heterocycles. The van der Waals surface area contributed by atoms with Gasteiger partial charge < -0.3 is 28.7 Å². The molecule has 1 aromatic heterocycles. The van der Waals surface area contributed by atoms with Crippen molar-refractivity contribution in [1.29, 1.82) is 0 Å². The van der Waals surface area contributed by atoms with Crippen molar-refractivity contribution in [3.63, 3.8) is 0 Å². The molecule has 0 spiro atoms. The SMILES string of the molecule is CCOC(=O)c1c(OCc2ccccc2)c(OCc2ccccc2)c(C(=O)N(C)C2CCN(C)CC2)n1-c1ccc(OC)cc1. The van der Waals surface area contributed by atoms with Crippen molar-refractivity contribution in [1.82, 2.24) is 14.4 Å². The standard InChI is InChI=1S/C36H41N3O6/c1-5-43-36(41)32-34(45-25-27-14-10-7-11-15-27)33(44-24-26-12-8-6-9-13-26)31(39(32)29-16-18-30(42-4)19-17-29)35(40)38(3)28-20-22-37(2)23-21-28/h6-19,28H,5,20-25H2,1-4H3. The maximum atomic E-state index is 14.7. The molecular formula is C36H41N3O6. The largest absolute Gasteiger partial charge is 0.497 e. The highest BCUT2D eigenvalue weighted by atomic mass is 16.5. The van der Waals surface area contributed by atoms with Gasteiger partial charge in [0, 0.05) is 18.8 Å². The molecule has 1 aliphatic rings. The molecule has 0 saturated carbocycles. The summed E-state index contributed by atoms with van der Waals surface area (Å²) in [5.74, 6) is 0.0918. The lowest BCUT2D eigenvalue weighted by Gasteiger charge is -2.35. The van der Waals surface area contributed by atoms with Gasteiger partial charge in [-0.2, -0.15) is 0 Å². The predicted octanol–water partition coefficient (Wildman–Crippen LogP) is 5.99. The van der Waals surface area contributed by atoms with Crippen LogP contribution in [0.15, 0.2) is 84.9 Å². The van der Waals surface area contributed by atoms with E-state index in [1.165, 1.54) is 0 Å². The second-order valence-electron chi connectivity index (χ2n) is 11.1. The number of carbonyl (C=O) groups is 2. The van der Waals surface area contributed by atoms with Crippen molar-refractivity contribution in [2.45, 2.75) is 39.0 Å². The molecule has 0 atom stereocenters. The van der Waals surface area contributed by atoms with E-state index in [-0.39, 0.29) is 54.7 Å². The Morgan fingerprint density at radius 2 is 1.33 bits per heavy atom. The lowest BCUT2D eigenvalue weighted by Crippen LogP contribution is -2.45. The van der Waals surface area contributed by atoms with Crippen LogP contribution in [0.3, 0.4) is 0 Å². The molecular weight excluding hydrogens is 570 g/mol. The number of esters is 1. The fraction of sp³-hybridized carbons (Fsp3) is 0.333. The van der Waals surface area contributed by atoms with Crippen molar-refractivity contribution in [3.05, 3.63) is 107 Å². The number of ether oxygens (including phenoxy) is 4. The molecule has 9 nitrogen and oxygen atoms in total. The number of rotatable bonds is 12. The van der Waals surface area contributed by atoms with E-state index in [1.807, 2.05) is 67.7 Å². The van der Waals surface area contributed by atoms with Gasteiger partial charge in [-0.15, -0.1) is 0 Å². The summed E-state index contributed by atoms with van der Waals surface area (Å²) in [5.41, 5.74) is 2.65. The van der Waals surface area contributed by atoms with Crippen molar-refractivity contribution in [2.75, 3.05) is 40.9 Å². The van der Waals surface area contributed by atoms with E-state index in [0.29, 0.717) is 11.4 Å². The number of piperidine rings is 1. The van der Waals surface area contributed by atoms with Crippen LogP contribution in [0.2, 0.25) is 0 Å². The first-order valence-corrected chi connectivity index (χ1v) is 15.3. The monoisotopic (exact) mass is 611 g/mol. The quantitative estimate of drug-likeness (QED) is 0.182. The summed E-state index contributed by atoms with van der Waals surface area (Å²) in [6.45, 7) is 3.98. The Balaban J connectivity index is 1.71. The van der Waals surface area contributed by atoms with E-state index < -0.39 is 5.97 Å². The zero-order chi connectivity index (χ0) is 31.8. The lowest BCUT2D eigenvalue weighted by atomic mass is 10.0. The average Bonchev–Trinajstić information content (AvgIpc) is 3.41. The molecule has 0 unspecified atom stereocenters. The molecule has 45 heavy (non-hydrogen) atoms. The van der Waals surface area contributed by atoms with Gasteiger partial charge in [-0.25, -0.2) is 4.79 Å². The van der Waals surface area contributed by atoms with Gasteiger partial charge in [-0.1, -0.05) is 60.7 Å². The fourth-order valence-electron chi connectivity index (χ4n) is 5.54. The van der Waals surface area contributed by atoms with Gasteiger partial charge in [0.25, 0.3) is 5.91 Å². The van der Waals surface area contributed by atoms with E-state index >= 15 is 0 Å². The van der Waals surface area contributed by atoms with Gasteiger partial charge in [0.15, 0.2) is 22.9 Å². The number of likely N-dealkylation sites (tertiary alicyclic amines) is 1. The van der Waals surface area contributed by atoms with Crippen LogP contribution in [-0.4, -0.2) is 73.2 Å². The number of carbonyl (C=O) groups excluding carboxylic acids is 2. The number of methoxy groups -OCH3 is 1. The van der Waals surface area contributed by atoms with Crippen LogP contribution in [0.25, 0.3) is 5.69 Å². The number of benzene rings is 3. The Hall–Kier alpha value is -4.76. The van der Waals surface area contributed by atoms with Gasteiger partial charge in [0.1, 0.15) is 19.0 Å². The molecule has 0 bridgehead atoms. The van der Waals surface area contributed by atoms with Gasteiger partial charge in [-0.05, 0) is 75.3 Å². The topological polar surface area (TPSA) is 82.5 Å². The number of nitrogens with zero attached hydrogens (tertiary/aromatic N) is 3. The third-order valence-corrected chi connectivity index (χ3v) is 8.09. The number of hydrogen-bond acceptors (Lipinski definition) is 7. The Kier molecular flexibility index (Phi) is 10.4. The van der Waals surface area contributed by atoms with Gasteiger partial charge >= 0.3 is 5.97 Å². The molecule has 9 heteroatoms. The van der Waals surface area contributed by atoms with Crippen molar-refractivity contribution in [2.24, 2.45) is 0 Å². The Labute approximate surface area is 264 Å². The van der Waals surface area contributed by atoms with Gasteiger partial charge in [0.05, 0.1) is 13.7 Å². The second kappa shape index (κ2) is 14.8. The minimum absolute atomic E-state index is 0.0228. The Morgan fingerprint density at radius 1 is 0.800 bits per heavy atom. The van der Waals surface area contributed by atoms with Crippen LogP contribution >= 0.6 is 0 Å². The molecule has 236 valence electrons. The summed E-state index contributed by atoms with van der Waals surface area (Å²) < 4.78 is 25.5. The number of amides is 1. The molecule has 0 N–H and O–H groups in total. The van der Waals surface area contributed by atoms with E-state index in [4.69, 9.17) is 18.9 Å². The van der Waals surface area contributed by atoms with E-state index in [0.717, 1.165) is 37.1 Å². The summed E-state index contributed by atoms with van der Waals surface area (Å²) in [6, 6.07) is 26.5. The highest BCUT2D eigenvalue weighted by Crippen LogP contribution is 2.43. The van der Waals surface area contributed by atoms with Gasteiger partial charge in [-0.3, -0.25) is 9.36 Å². The second-order valence-corrected chi connectivity index (χ2v) is 11.1. The zero-order valence-electron chi connectivity index (χ0n) is 26.4. The summed E-state index contributed by atoms with van der Waals surface area (Å²) in [6.07, 6.45) is 1.68. The molecule has 4 aromatic rings. The minimum Gasteiger partial charge on any atom is -0.497 e. The Morgan fingerprint density at radius 3 is 1.84 bits per heavy atom.